The Labute approximate surface area is 65.1 Å². The molecule has 1 fully saturated rings. The van der Waals surface area contributed by atoms with Crippen LogP contribution in [0.2, 0.25) is 0 Å². The zero-order valence-electron chi connectivity index (χ0n) is 6.69. The van der Waals surface area contributed by atoms with E-state index in [4.69, 9.17) is 4.74 Å². The first kappa shape index (κ1) is 10.8. The van der Waals surface area contributed by atoms with Crippen LogP contribution in [0, 0.1) is 0 Å². The molecule has 5 heteroatoms. The first-order valence-electron chi connectivity index (χ1n) is 3.60. The molecular formula is C6H12BF3O. The topological polar surface area (TPSA) is 9.23 Å². The van der Waals surface area contributed by atoms with Crippen LogP contribution in [-0.4, -0.2) is 19.8 Å². The van der Waals surface area contributed by atoms with E-state index in [2.05, 4.69) is 13.8 Å². The molecule has 0 aromatic rings. The highest BCUT2D eigenvalue weighted by molar-refractivity contribution is 6.33. The van der Waals surface area contributed by atoms with E-state index in [1.165, 1.54) is 12.8 Å². The Hall–Kier alpha value is -0.185. The molecule has 0 saturated carbocycles. The van der Waals surface area contributed by atoms with Crippen LogP contribution in [0.4, 0.5) is 12.9 Å². The van der Waals surface area contributed by atoms with Gasteiger partial charge in [-0.1, -0.05) is 0 Å². The summed E-state index contributed by atoms with van der Waals surface area (Å²) < 4.78 is 34.4. The lowest BCUT2D eigenvalue weighted by Gasteiger charge is -2.01. The molecule has 0 aliphatic carbocycles. The van der Waals surface area contributed by atoms with E-state index in [0.29, 0.717) is 12.2 Å². The molecular weight excluding hydrogens is 156 g/mol. The minimum absolute atomic E-state index is 0.523. The highest BCUT2D eigenvalue weighted by Gasteiger charge is 2.16. The van der Waals surface area contributed by atoms with Gasteiger partial charge in [0.15, 0.2) is 0 Å². The van der Waals surface area contributed by atoms with E-state index in [-0.39, 0.29) is 0 Å². The lowest BCUT2D eigenvalue weighted by Crippen LogP contribution is -2.01. The minimum Gasteiger partial charge on any atom is -0.376 e. The summed E-state index contributed by atoms with van der Waals surface area (Å²) in [4.78, 5) is 0. The number of halogens is 3. The van der Waals surface area contributed by atoms with Gasteiger partial charge in [-0.2, -0.15) is 0 Å². The van der Waals surface area contributed by atoms with E-state index < -0.39 is 7.54 Å². The van der Waals surface area contributed by atoms with Crippen molar-refractivity contribution in [2.75, 3.05) is 0 Å². The maximum absolute atomic E-state index is 9.67. The van der Waals surface area contributed by atoms with Gasteiger partial charge in [0, 0.05) is 0 Å². The standard InChI is InChI=1S/C6H12O.BF3/c1-5-3-4-6(2)7-5;2-1(3)4/h5-6H,3-4H2,1-2H3;. The first-order chi connectivity index (χ1) is 5.02. The van der Waals surface area contributed by atoms with Crippen LogP contribution in [0.25, 0.3) is 0 Å². The van der Waals surface area contributed by atoms with E-state index in [0.717, 1.165) is 0 Å². The largest absolute Gasteiger partial charge is 0.762 e. The molecule has 0 spiro atoms. The maximum atomic E-state index is 9.67. The summed E-state index contributed by atoms with van der Waals surface area (Å²) in [5, 5.41) is 0. The molecule has 1 saturated heterocycles. The Bertz CT molecular complexity index is 91.1. The summed E-state index contributed by atoms with van der Waals surface area (Å²) in [6.45, 7) is 4.26. The predicted molar refractivity (Wildman–Crippen MR) is 38.3 cm³/mol. The first-order valence-corrected chi connectivity index (χ1v) is 3.60. The summed E-state index contributed by atoms with van der Waals surface area (Å²) in [7, 11) is -3.67. The van der Waals surface area contributed by atoms with Crippen molar-refractivity contribution in [3.8, 4) is 0 Å². The lowest BCUT2D eigenvalue weighted by atomic mass is 10.2. The Morgan fingerprint density at radius 2 is 1.36 bits per heavy atom. The van der Waals surface area contributed by atoms with Crippen molar-refractivity contribution < 1.29 is 17.7 Å². The Morgan fingerprint density at radius 1 is 1.09 bits per heavy atom. The lowest BCUT2D eigenvalue weighted by molar-refractivity contribution is 0.0673. The van der Waals surface area contributed by atoms with E-state index >= 15 is 0 Å². The van der Waals surface area contributed by atoms with Crippen molar-refractivity contribution in [2.24, 2.45) is 0 Å². The third-order valence-electron chi connectivity index (χ3n) is 1.44. The van der Waals surface area contributed by atoms with Crippen molar-refractivity contribution in [1.82, 2.24) is 0 Å². The monoisotopic (exact) mass is 168 g/mol. The quantitative estimate of drug-likeness (QED) is 0.504. The number of hydrogen-bond acceptors (Lipinski definition) is 1. The zero-order chi connectivity index (χ0) is 8.85. The second kappa shape index (κ2) is 5.46. The third kappa shape index (κ3) is 7.71. The van der Waals surface area contributed by atoms with Crippen LogP contribution >= 0.6 is 0 Å². The van der Waals surface area contributed by atoms with Crippen molar-refractivity contribution in [3.05, 3.63) is 0 Å². The Kier molecular flexibility index (Phi) is 5.37. The fourth-order valence-corrected chi connectivity index (χ4v) is 1.00. The van der Waals surface area contributed by atoms with E-state index in [1.54, 1.807) is 0 Å². The van der Waals surface area contributed by atoms with Gasteiger partial charge in [0.25, 0.3) is 0 Å². The second-order valence-corrected chi connectivity index (χ2v) is 2.58. The number of rotatable bonds is 0. The Morgan fingerprint density at radius 3 is 1.45 bits per heavy atom. The SMILES string of the molecule is CC1CCC(C)O1.FB(F)F. The van der Waals surface area contributed by atoms with Gasteiger partial charge in [0.1, 0.15) is 0 Å². The van der Waals surface area contributed by atoms with Gasteiger partial charge in [-0.15, -0.1) is 0 Å². The van der Waals surface area contributed by atoms with Crippen molar-refractivity contribution >= 4 is 7.54 Å². The predicted octanol–water partition coefficient (Wildman–Crippen LogP) is 2.45. The average Bonchev–Trinajstić information content (AvgIpc) is 2.13. The van der Waals surface area contributed by atoms with Crippen LogP contribution in [0.5, 0.6) is 0 Å². The van der Waals surface area contributed by atoms with Crippen molar-refractivity contribution in [1.29, 1.82) is 0 Å². The van der Waals surface area contributed by atoms with Gasteiger partial charge in [0.05, 0.1) is 12.2 Å². The molecule has 1 rings (SSSR count). The van der Waals surface area contributed by atoms with Crippen LogP contribution in [0.3, 0.4) is 0 Å². The summed E-state index contributed by atoms with van der Waals surface area (Å²) >= 11 is 0. The van der Waals surface area contributed by atoms with E-state index in [1.807, 2.05) is 0 Å². The highest BCUT2D eigenvalue weighted by Crippen LogP contribution is 2.17. The summed E-state index contributed by atoms with van der Waals surface area (Å²) in [5.41, 5.74) is 0. The van der Waals surface area contributed by atoms with Gasteiger partial charge in [-0.3, -0.25) is 12.9 Å². The van der Waals surface area contributed by atoms with Crippen molar-refractivity contribution in [2.45, 2.75) is 38.9 Å². The second-order valence-electron chi connectivity index (χ2n) is 2.58. The molecule has 1 heterocycles. The van der Waals surface area contributed by atoms with E-state index in [9.17, 15) is 12.9 Å². The molecule has 2 unspecified atom stereocenters. The van der Waals surface area contributed by atoms with Crippen LogP contribution in [0.15, 0.2) is 0 Å². The molecule has 1 aliphatic rings. The van der Waals surface area contributed by atoms with Crippen LogP contribution in [0.1, 0.15) is 26.7 Å². The van der Waals surface area contributed by atoms with Gasteiger partial charge in [-0.25, -0.2) is 0 Å². The minimum atomic E-state index is -3.67. The smallest absolute Gasteiger partial charge is 0.376 e. The molecule has 66 valence electrons. The molecule has 0 N–H and O–H groups in total. The van der Waals surface area contributed by atoms with Crippen molar-refractivity contribution in [3.63, 3.8) is 0 Å². The molecule has 0 radical (unpaired) electrons. The number of ether oxygens (including phenoxy) is 1. The van der Waals surface area contributed by atoms with Crippen LogP contribution < -0.4 is 0 Å². The summed E-state index contributed by atoms with van der Waals surface area (Å²) in [6, 6.07) is 0. The van der Waals surface area contributed by atoms with Gasteiger partial charge in [0.2, 0.25) is 0 Å². The summed E-state index contributed by atoms with van der Waals surface area (Å²) in [6.07, 6.45) is 3.55. The molecule has 1 aliphatic heterocycles. The Balaban J connectivity index is 0.000000218. The van der Waals surface area contributed by atoms with Gasteiger partial charge in [-0.05, 0) is 26.7 Å². The normalized spacial score (nSPS) is 29.2. The zero-order valence-corrected chi connectivity index (χ0v) is 6.69. The van der Waals surface area contributed by atoms with Gasteiger partial charge < -0.3 is 4.74 Å². The highest BCUT2D eigenvalue weighted by atomic mass is 19.4. The molecule has 0 aromatic heterocycles. The molecule has 0 aromatic carbocycles. The fourth-order valence-electron chi connectivity index (χ4n) is 1.00. The average molecular weight is 168 g/mol. The van der Waals surface area contributed by atoms with Gasteiger partial charge >= 0.3 is 7.54 Å². The molecule has 1 nitrogen and oxygen atoms in total. The molecule has 11 heavy (non-hydrogen) atoms. The number of hydrogen-bond donors (Lipinski definition) is 0. The maximum Gasteiger partial charge on any atom is 0.762 e. The molecule has 0 bridgehead atoms. The van der Waals surface area contributed by atoms with Crippen LogP contribution in [-0.2, 0) is 4.74 Å². The molecule has 0 amide bonds. The fraction of sp³-hybridized carbons (Fsp3) is 1.00. The molecule has 2 atom stereocenters. The summed E-state index contributed by atoms with van der Waals surface area (Å²) in [5.74, 6) is 0. The third-order valence-corrected chi connectivity index (χ3v) is 1.44.